The highest BCUT2D eigenvalue weighted by Gasteiger charge is 2.01. The van der Waals surface area contributed by atoms with Crippen molar-refractivity contribution < 1.29 is 34.1 Å². The molecule has 0 rings (SSSR count). The van der Waals surface area contributed by atoms with Crippen LogP contribution in [0.1, 0.15) is 13.8 Å². The van der Waals surface area contributed by atoms with Gasteiger partial charge in [0, 0.05) is 22.7 Å². The predicted molar refractivity (Wildman–Crippen MR) is 111 cm³/mol. The Morgan fingerprint density at radius 1 is 0.880 bits per heavy atom. The second kappa shape index (κ2) is 23.5. The van der Waals surface area contributed by atoms with Gasteiger partial charge in [-0.2, -0.15) is 0 Å². The van der Waals surface area contributed by atoms with Gasteiger partial charge in [-0.25, -0.2) is 14.4 Å². The Labute approximate surface area is 180 Å². The first-order valence-corrected chi connectivity index (χ1v) is 9.43. The number of rotatable bonds is 3. The van der Waals surface area contributed by atoms with Crippen LogP contribution in [0.2, 0.25) is 0 Å². The molecule has 0 radical (unpaired) electrons. The predicted octanol–water partition coefficient (Wildman–Crippen LogP) is 4.23. The monoisotopic (exact) mass is 616 g/mol. The Morgan fingerprint density at radius 3 is 1.32 bits per heavy atom. The first-order valence-electron chi connectivity index (χ1n) is 6.02. The van der Waals surface area contributed by atoms with Crippen LogP contribution in [0.4, 0.5) is 0 Å². The van der Waals surface area contributed by atoms with Crippen molar-refractivity contribution in [2.75, 3.05) is 21.3 Å². The van der Waals surface area contributed by atoms with Crippen LogP contribution in [0.25, 0.3) is 0 Å². The van der Waals surface area contributed by atoms with Crippen LogP contribution in [0.15, 0.2) is 30.6 Å². The van der Waals surface area contributed by atoms with Gasteiger partial charge in [0.1, 0.15) is 8.96 Å². The summed E-state index contributed by atoms with van der Waals surface area (Å²) in [5.41, 5.74) is 0.646. The van der Waals surface area contributed by atoms with E-state index < -0.39 is 5.97 Å². The number of carboxylic acids is 1. The van der Waals surface area contributed by atoms with Gasteiger partial charge in [-0.3, -0.25) is 0 Å². The topological polar surface area (TPSA) is 110 Å². The molecule has 0 unspecified atom stereocenters. The van der Waals surface area contributed by atoms with Gasteiger partial charge in [0.25, 0.3) is 0 Å². The molecule has 7 nitrogen and oxygen atoms in total. The molecule has 0 atom stereocenters. The van der Waals surface area contributed by atoms with Gasteiger partial charge in [-0.15, -0.1) is 0 Å². The Balaban J connectivity index is -0.000000126. The van der Waals surface area contributed by atoms with E-state index in [4.69, 9.17) is 10.2 Å². The maximum atomic E-state index is 10.5. The molecular formula is C14H20Br4O7. The summed E-state index contributed by atoms with van der Waals surface area (Å²) in [5.74, 6) is -1.62. The van der Waals surface area contributed by atoms with E-state index in [1.807, 2.05) is 0 Å². The molecule has 0 aliphatic carbocycles. The molecule has 0 heterocycles. The summed E-state index contributed by atoms with van der Waals surface area (Å²) in [7, 11) is 3.69. The third-order valence-electron chi connectivity index (χ3n) is 1.72. The number of carbonyl (C=O) groups excluding carboxylic acids is 2. The van der Waals surface area contributed by atoms with Crippen molar-refractivity contribution in [2.24, 2.45) is 0 Å². The average molecular weight is 620 g/mol. The van der Waals surface area contributed by atoms with Crippen molar-refractivity contribution in [1.29, 1.82) is 0 Å². The number of esters is 2. The minimum atomic E-state index is -0.975. The number of aliphatic hydroxyl groups is 1. The van der Waals surface area contributed by atoms with Crippen LogP contribution in [-0.2, 0) is 23.9 Å². The van der Waals surface area contributed by atoms with Gasteiger partial charge in [0.05, 0.1) is 14.2 Å². The van der Waals surface area contributed by atoms with E-state index in [1.165, 1.54) is 24.2 Å². The van der Waals surface area contributed by atoms with E-state index in [0.717, 1.165) is 7.11 Å². The minimum Gasteiger partial charge on any atom is -0.477 e. The van der Waals surface area contributed by atoms with Crippen LogP contribution < -0.4 is 0 Å². The van der Waals surface area contributed by atoms with Crippen LogP contribution in [0.3, 0.4) is 0 Å². The molecule has 0 saturated heterocycles. The van der Waals surface area contributed by atoms with E-state index in [-0.39, 0.29) is 16.4 Å². The molecule has 0 amide bonds. The van der Waals surface area contributed by atoms with E-state index in [9.17, 15) is 14.4 Å². The number of ether oxygens (including phenoxy) is 2. The number of aliphatic hydroxyl groups excluding tert-OH is 1. The number of allylic oxidation sites excluding steroid dienone is 1. The molecule has 0 aromatic heterocycles. The third-order valence-corrected chi connectivity index (χ3v) is 4.98. The number of hydrogen-bond donors (Lipinski definition) is 2. The summed E-state index contributed by atoms with van der Waals surface area (Å²) in [5, 5.41) is 15.0. The maximum Gasteiger partial charge on any atom is 0.345 e. The summed E-state index contributed by atoms with van der Waals surface area (Å²) in [6.45, 7) is 3.51. The number of hydrogen-bond acceptors (Lipinski definition) is 6. The zero-order valence-corrected chi connectivity index (χ0v) is 20.5. The van der Waals surface area contributed by atoms with Crippen molar-refractivity contribution in [3.05, 3.63) is 30.6 Å². The molecule has 0 bridgehead atoms. The molecule has 11 heteroatoms. The molecule has 0 aliphatic heterocycles. The summed E-state index contributed by atoms with van der Waals surface area (Å²) < 4.78 is 9.21. The van der Waals surface area contributed by atoms with E-state index in [2.05, 4.69) is 73.2 Å². The summed E-state index contributed by atoms with van der Waals surface area (Å²) in [4.78, 5) is 33.3. The fourth-order valence-electron chi connectivity index (χ4n) is 0.468. The Kier molecular flexibility index (Phi) is 30.3. The smallest absolute Gasteiger partial charge is 0.345 e. The SMILES string of the molecule is C/C=C(\C)C(=O)OC.CO.COC(=O)/C(Br)=C/Br.O=C(O)/C(Br)=C/Br. The lowest BCUT2D eigenvalue weighted by Gasteiger charge is -1.93. The van der Waals surface area contributed by atoms with Gasteiger partial charge in [0.15, 0.2) is 0 Å². The summed E-state index contributed by atoms with van der Waals surface area (Å²) in [6.07, 6.45) is 1.71. The fourth-order valence-corrected chi connectivity index (χ4v) is 1.01. The molecule has 0 spiro atoms. The standard InChI is InChI=1S/C6H10O2.C4H4Br2O2.C3H2Br2O2.CH4O/c1-4-5(2)6(7)8-3;1-8-4(7)3(6)2-5;4-1-2(5)3(6)7;1-2/h4H,1-3H3;2H,1H3;1H,(H,6,7);2H,1H3/b5-4+;3-2-;2-1-;. The van der Waals surface area contributed by atoms with Gasteiger partial charge in [-0.1, -0.05) is 37.9 Å². The molecule has 0 fully saturated rings. The van der Waals surface area contributed by atoms with Gasteiger partial charge < -0.3 is 19.7 Å². The summed E-state index contributed by atoms with van der Waals surface area (Å²) >= 11 is 11.5. The maximum absolute atomic E-state index is 10.5. The molecule has 25 heavy (non-hydrogen) atoms. The second-order valence-electron chi connectivity index (χ2n) is 3.17. The number of carboxylic acid groups (broad SMARTS) is 1. The zero-order chi connectivity index (χ0) is 21.0. The molecule has 0 saturated carbocycles. The van der Waals surface area contributed by atoms with Gasteiger partial charge in [-0.05, 0) is 45.7 Å². The largest absolute Gasteiger partial charge is 0.477 e. The Hall–Kier alpha value is -0.490. The zero-order valence-electron chi connectivity index (χ0n) is 14.2. The van der Waals surface area contributed by atoms with E-state index in [0.29, 0.717) is 10.1 Å². The number of methoxy groups -OCH3 is 2. The van der Waals surface area contributed by atoms with Crippen molar-refractivity contribution in [2.45, 2.75) is 13.8 Å². The van der Waals surface area contributed by atoms with Crippen molar-refractivity contribution in [3.8, 4) is 0 Å². The quantitative estimate of drug-likeness (QED) is 0.360. The van der Waals surface area contributed by atoms with Crippen molar-refractivity contribution in [1.82, 2.24) is 0 Å². The molecule has 2 N–H and O–H groups in total. The van der Waals surface area contributed by atoms with Crippen LogP contribution in [0.5, 0.6) is 0 Å². The molecule has 0 aromatic rings. The average Bonchev–Trinajstić information content (AvgIpc) is 2.66. The van der Waals surface area contributed by atoms with Crippen LogP contribution >= 0.6 is 63.7 Å². The normalized spacial score (nSPS) is 10.6. The number of halogens is 4. The van der Waals surface area contributed by atoms with Crippen LogP contribution in [-0.4, -0.2) is 49.5 Å². The molecular weight excluding hydrogens is 600 g/mol. The second-order valence-corrected chi connectivity index (χ2v) is 5.80. The van der Waals surface area contributed by atoms with E-state index in [1.54, 1.807) is 19.9 Å². The highest BCUT2D eigenvalue weighted by atomic mass is 79.9. The first-order chi connectivity index (χ1) is 11.6. The number of aliphatic carboxylic acids is 1. The molecule has 0 aliphatic rings. The highest BCUT2D eigenvalue weighted by molar-refractivity contribution is 9.14. The Morgan fingerprint density at radius 2 is 1.24 bits per heavy atom. The van der Waals surface area contributed by atoms with Gasteiger partial charge >= 0.3 is 17.9 Å². The van der Waals surface area contributed by atoms with Gasteiger partial charge in [0.2, 0.25) is 0 Å². The highest BCUT2D eigenvalue weighted by Crippen LogP contribution is 2.08. The minimum absolute atomic E-state index is 0.118. The first kappa shape index (κ1) is 32.2. The number of carbonyl (C=O) groups is 3. The van der Waals surface area contributed by atoms with Crippen molar-refractivity contribution >= 4 is 81.6 Å². The van der Waals surface area contributed by atoms with Crippen molar-refractivity contribution in [3.63, 3.8) is 0 Å². The lowest BCUT2D eigenvalue weighted by molar-refractivity contribution is -0.136. The third kappa shape index (κ3) is 23.5. The fraction of sp³-hybridized carbons (Fsp3) is 0.357. The molecule has 146 valence electrons. The summed E-state index contributed by atoms with van der Waals surface area (Å²) in [6, 6.07) is 0. The lowest BCUT2D eigenvalue weighted by atomic mass is 10.3. The molecule has 0 aromatic carbocycles. The van der Waals surface area contributed by atoms with Crippen LogP contribution in [0, 0.1) is 0 Å². The van der Waals surface area contributed by atoms with E-state index >= 15 is 0 Å². The Bertz CT molecular complexity index is 456. The lowest BCUT2D eigenvalue weighted by Crippen LogP contribution is -2.00.